The number of piperidine rings is 1. The van der Waals surface area contributed by atoms with E-state index in [2.05, 4.69) is 10.6 Å². The molecule has 138 valence electrons. The van der Waals surface area contributed by atoms with Crippen molar-refractivity contribution in [1.29, 1.82) is 0 Å². The van der Waals surface area contributed by atoms with Crippen LogP contribution in [-0.4, -0.2) is 49.4 Å². The van der Waals surface area contributed by atoms with Gasteiger partial charge in [0.05, 0.1) is 19.8 Å². The lowest BCUT2D eigenvalue weighted by Crippen LogP contribution is -2.50. The van der Waals surface area contributed by atoms with Gasteiger partial charge in [-0.15, -0.1) is 0 Å². The van der Waals surface area contributed by atoms with Crippen LogP contribution >= 0.6 is 0 Å². The number of nitrogens with one attached hydrogen (secondary N) is 2. The van der Waals surface area contributed by atoms with Gasteiger partial charge in [-0.3, -0.25) is 0 Å². The topological polar surface area (TPSA) is 79.9 Å². The number of carbonyl (C=O) groups excluding carboxylic acids is 2. The molecule has 1 heterocycles. The molecule has 1 fully saturated rings. The van der Waals surface area contributed by atoms with Gasteiger partial charge in [0.15, 0.2) is 0 Å². The number of rotatable bonds is 5. The molecule has 2 rings (SSSR count). The molecule has 0 aromatic heterocycles. The van der Waals surface area contributed by atoms with Crippen molar-refractivity contribution in [3.8, 4) is 0 Å². The summed E-state index contributed by atoms with van der Waals surface area (Å²) in [4.78, 5) is 25.4. The molecule has 1 unspecified atom stereocenters. The van der Waals surface area contributed by atoms with E-state index < -0.39 is 0 Å². The smallest absolute Gasteiger partial charge is 0.409 e. The Morgan fingerprint density at radius 2 is 2.16 bits per heavy atom. The second kappa shape index (κ2) is 9.27. The van der Waals surface area contributed by atoms with Crippen molar-refractivity contribution < 1.29 is 19.1 Å². The molecule has 1 atom stereocenters. The molecule has 0 bridgehead atoms. The molecular formula is C18H27N3O4. The first kappa shape index (κ1) is 19.1. The van der Waals surface area contributed by atoms with Crippen LogP contribution in [0.15, 0.2) is 24.3 Å². The highest BCUT2D eigenvalue weighted by molar-refractivity contribution is 5.89. The third-order valence-electron chi connectivity index (χ3n) is 3.96. The van der Waals surface area contributed by atoms with Crippen LogP contribution in [0.5, 0.6) is 0 Å². The highest BCUT2D eigenvalue weighted by Crippen LogP contribution is 2.14. The molecule has 3 amide bonds. The van der Waals surface area contributed by atoms with Crippen LogP contribution in [0, 0.1) is 0 Å². The predicted molar refractivity (Wildman–Crippen MR) is 95.5 cm³/mol. The molecular weight excluding hydrogens is 322 g/mol. The Bertz CT molecular complexity index is 591. The van der Waals surface area contributed by atoms with Gasteiger partial charge in [0.2, 0.25) is 0 Å². The van der Waals surface area contributed by atoms with Gasteiger partial charge in [-0.2, -0.15) is 0 Å². The van der Waals surface area contributed by atoms with Crippen LogP contribution in [0.25, 0.3) is 0 Å². The summed E-state index contributed by atoms with van der Waals surface area (Å²) in [6.45, 7) is 5.59. The lowest BCUT2D eigenvalue weighted by atomic mass is 10.1. The molecule has 0 aliphatic carbocycles. The molecule has 7 nitrogen and oxygen atoms in total. The molecule has 1 aromatic carbocycles. The van der Waals surface area contributed by atoms with Gasteiger partial charge in [-0.1, -0.05) is 12.1 Å². The third-order valence-corrected chi connectivity index (χ3v) is 3.96. The van der Waals surface area contributed by atoms with Crippen molar-refractivity contribution >= 4 is 17.8 Å². The number of hydrogen-bond acceptors (Lipinski definition) is 4. The van der Waals surface area contributed by atoms with E-state index in [1.54, 1.807) is 4.90 Å². The lowest BCUT2D eigenvalue weighted by molar-refractivity contribution is 0.0657. The van der Waals surface area contributed by atoms with Crippen molar-refractivity contribution in [1.82, 2.24) is 10.2 Å². The molecule has 1 aliphatic heterocycles. The zero-order valence-corrected chi connectivity index (χ0v) is 15.1. The molecule has 25 heavy (non-hydrogen) atoms. The zero-order chi connectivity index (χ0) is 18.2. The van der Waals surface area contributed by atoms with Crippen LogP contribution in [0.4, 0.5) is 15.3 Å². The van der Waals surface area contributed by atoms with E-state index in [1.165, 1.54) is 7.11 Å². The molecule has 1 saturated heterocycles. The number of urea groups is 1. The van der Waals surface area contributed by atoms with E-state index >= 15 is 0 Å². The Kier molecular flexibility index (Phi) is 7.06. The van der Waals surface area contributed by atoms with Gasteiger partial charge < -0.3 is 25.0 Å². The number of likely N-dealkylation sites (tertiary alicyclic amines) is 1. The normalized spacial score (nSPS) is 17.3. The minimum atomic E-state index is -0.357. The molecule has 1 aromatic rings. The number of hydrogen-bond donors (Lipinski definition) is 2. The number of nitrogens with zero attached hydrogens (tertiary/aromatic N) is 1. The highest BCUT2D eigenvalue weighted by Gasteiger charge is 2.25. The monoisotopic (exact) mass is 349 g/mol. The average Bonchev–Trinajstić information content (AvgIpc) is 2.59. The average molecular weight is 349 g/mol. The van der Waals surface area contributed by atoms with Crippen molar-refractivity contribution in [2.75, 3.05) is 25.5 Å². The fourth-order valence-electron chi connectivity index (χ4n) is 2.74. The Labute approximate surface area is 148 Å². The summed E-state index contributed by atoms with van der Waals surface area (Å²) in [6.07, 6.45) is 1.47. The second-order valence-electron chi connectivity index (χ2n) is 6.41. The molecule has 0 spiro atoms. The van der Waals surface area contributed by atoms with Crippen molar-refractivity contribution in [3.63, 3.8) is 0 Å². The Balaban J connectivity index is 1.85. The number of methoxy groups -OCH3 is 1. The summed E-state index contributed by atoms with van der Waals surface area (Å²) >= 11 is 0. The van der Waals surface area contributed by atoms with Crippen molar-refractivity contribution in [2.24, 2.45) is 0 Å². The second-order valence-corrected chi connectivity index (χ2v) is 6.41. The number of benzene rings is 1. The third kappa shape index (κ3) is 6.26. The Morgan fingerprint density at radius 1 is 1.36 bits per heavy atom. The van der Waals surface area contributed by atoms with Gasteiger partial charge in [-0.25, -0.2) is 9.59 Å². The van der Waals surface area contributed by atoms with E-state index in [1.807, 2.05) is 38.1 Å². The predicted octanol–water partition coefficient (Wildman–Crippen LogP) is 2.96. The first-order valence-corrected chi connectivity index (χ1v) is 8.59. The van der Waals surface area contributed by atoms with Gasteiger partial charge in [-0.05, 0) is 44.4 Å². The van der Waals surface area contributed by atoms with Crippen molar-refractivity contribution in [2.45, 2.75) is 45.4 Å². The maximum Gasteiger partial charge on any atom is 0.409 e. The minimum Gasteiger partial charge on any atom is -0.453 e. The zero-order valence-electron chi connectivity index (χ0n) is 15.1. The summed E-state index contributed by atoms with van der Waals surface area (Å²) in [5.74, 6) is 0. The Morgan fingerprint density at radius 3 is 2.88 bits per heavy atom. The van der Waals surface area contributed by atoms with E-state index in [0.717, 1.165) is 18.4 Å². The van der Waals surface area contributed by atoms with Gasteiger partial charge in [0.25, 0.3) is 0 Å². The SMILES string of the molecule is COC(=O)N1CCCC(NC(=O)Nc2cccc(COC(C)C)c2)C1. The van der Waals surface area contributed by atoms with Crippen molar-refractivity contribution in [3.05, 3.63) is 29.8 Å². The van der Waals surface area contributed by atoms with E-state index in [4.69, 9.17) is 9.47 Å². The quantitative estimate of drug-likeness (QED) is 0.856. The Hall–Kier alpha value is -2.28. The fraction of sp³-hybridized carbons (Fsp3) is 0.556. The van der Waals surface area contributed by atoms with E-state index in [-0.39, 0.29) is 24.3 Å². The van der Waals surface area contributed by atoms with Gasteiger partial charge in [0, 0.05) is 24.8 Å². The van der Waals surface area contributed by atoms with Crippen LogP contribution in [0.3, 0.4) is 0 Å². The van der Waals surface area contributed by atoms with Crippen LogP contribution in [0.2, 0.25) is 0 Å². The lowest BCUT2D eigenvalue weighted by Gasteiger charge is -2.32. The number of anilines is 1. The highest BCUT2D eigenvalue weighted by atomic mass is 16.5. The summed E-state index contributed by atoms with van der Waals surface area (Å²) in [7, 11) is 1.36. The molecule has 1 aliphatic rings. The number of ether oxygens (including phenoxy) is 2. The molecule has 2 N–H and O–H groups in total. The van der Waals surface area contributed by atoms with E-state index in [9.17, 15) is 9.59 Å². The van der Waals surface area contributed by atoms with Crippen LogP contribution in [0.1, 0.15) is 32.3 Å². The first-order chi connectivity index (χ1) is 12.0. The largest absolute Gasteiger partial charge is 0.453 e. The van der Waals surface area contributed by atoms with Crippen LogP contribution in [-0.2, 0) is 16.1 Å². The van der Waals surface area contributed by atoms with Gasteiger partial charge in [0.1, 0.15) is 0 Å². The molecule has 7 heteroatoms. The van der Waals surface area contributed by atoms with E-state index in [0.29, 0.717) is 25.4 Å². The molecule has 0 radical (unpaired) electrons. The summed E-state index contributed by atoms with van der Waals surface area (Å²) in [5, 5.41) is 5.75. The number of amides is 3. The summed E-state index contributed by atoms with van der Waals surface area (Å²) < 4.78 is 10.3. The number of carbonyl (C=O) groups is 2. The van der Waals surface area contributed by atoms with Gasteiger partial charge >= 0.3 is 12.1 Å². The fourth-order valence-corrected chi connectivity index (χ4v) is 2.74. The summed E-state index contributed by atoms with van der Waals surface area (Å²) in [6, 6.07) is 7.21. The standard InChI is InChI=1S/C18H27N3O4/c1-13(2)25-12-14-6-4-7-15(10-14)19-17(22)20-16-8-5-9-21(11-16)18(23)24-3/h4,6-7,10,13,16H,5,8-9,11-12H2,1-3H3,(H2,19,20,22). The maximum absolute atomic E-state index is 12.2. The molecule has 0 saturated carbocycles. The first-order valence-electron chi connectivity index (χ1n) is 8.59. The van der Waals surface area contributed by atoms with Crippen LogP contribution < -0.4 is 10.6 Å². The minimum absolute atomic E-state index is 0.0830. The summed E-state index contributed by atoms with van der Waals surface area (Å²) in [5.41, 5.74) is 1.71. The maximum atomic E-state index is 12.2.